The summed E-state index contributed by atoms with van der Waals surface area (Å²) in [6, 6.07) is 4.02. The molecule has 0 unspecified atom stereocenters. The van der Waals surface area contributed by atoms with E-state index >= 15 is 0 Å². The predicted molar refractivity (Wildman–Crippen MR) is 69.7 cm³/mol. The van der Waals surface area contributed by atoms with Crippen molar-refractivity contribution in [3.63, 3.8) is 0 Å². The lowest BCUT2D eigenvalue weighted by Crippen LogP contribution is -2.37. The van der Waals surface area contributed by atoms with Gasteiger partial charge in [-0.25, -0.2) is 8.78 Å². The highest BCUT2D eigenvalue weighted by atomic mass is 19.1. The molecular weight excluding hydrogens is 232 g/mol. The Kier molecular flexibility index (Phi) is 4.33. The second-order valence-electron chi connectivity index (χ2n) is 5.35. The predicted octanol–water partition coefficient (Wildman–Crippen LogP) is 3.78. The molecule has 100 valence electrons. The summed E-state index contributed by atoms with van der Waals surface area (Å²) in [7, 11) is 1.90. The van der Waals surface area contributed by atoms with Crippen molar-refractivity contribution in [2.45, 2.75) is 43.9 Å². The highest BCUT2D eigenvalue weighted by molar-refractivity contribution is 5.28. The van der Waals surface area contributed by atoms with Crippen LogP contribution in [0, 0.1) is 11.6 Å². The maximum absolute atomic E-state index is 14.1. The summed E-state index contributed by atoms with van der Waals surface area (Å²) >= 11 is 0. The molecule has 0 atom stereocenters. The van der Waals surface area contributed by atoms with Gasteiger partial charge in [-0.15, -0.1) is 0 Å². The summed E-state index contributed by atoms with van der Waals surface area (Å²) in [6.45, 7) is 0.759. The summed E-state index contributed by atoms with van der Waals surface area (Å²) in [6.07, 6.45) is 6.65. The van der Waals surface area contributed by atoms with Gasteiger partial charge in [0.2, 0.25) is 0 Å². The van der Waals surface area contributed by atoms with Gasteiger partial charge in [0.05, 0.1) is 0 Å². The van der Waals surface area contributed by atoms with Gasteiger partial charge in [0.1, 0.15) is 11.6 Å². The molecule has 1 saturated carbocycles. The van der Waals surface area contributed by atoms with Crippen LogP contribution in [-0.2, 0) is 5.41 Å². The van der Waals surface area contributed by atoms with Crippen LogP contribution in [0.15, 0.2) is 18.2 Å². The molecule has 0 spiro atoms. The van der Waals surface area contributed by atoms with E-state index < -0.39 is 11.6 Å². The van der Waals surface area contributed by atoms with Crippen LogP contribution in [0.25, 0.3) is 0 Å². The number of benzene rings is 1. The van der Waals surface area contributed by atoms with E-state index in [1.807, 2.05) is 7.05 Å². The average Bonchev–Trinajstić information content (AvgIpc) is 2.56. The summed E-state index contributed by atoms with van der Waals surface area (Å²) in [5.74, 6) is -0.892. The first kappa shape index (κ1) is 13.5. The summed E-state index contributed by atoms with van der Waals surface area (Å²) in [5, 5.41) is 3.19. The molecule has 0 amide bonds. The van der Waals surface area contributed by atoms with Gasteiger partial charge in [0, 0.05) is 18.0 Å². The Morgan fingerprint density at radius 2 is 1.78 bits per heavy atom. The maximum atomic E-state index is 14.1. The maximum Gasteiger partial charge on any atom is 0.129 e. The van der Waals surface area contributed by atoms with E-state index in [0.717, 1.165) is 38.3 Å². The average molecular weight is 253 g/mol. The third kappa shape index (κ3) is 2.72. The van der Waals surface area contributed by atoms with Gasteiger partial charge >= 0.3 is 0 Å². The molecule has 1 N–H and O–H groups in total. The molecule has 1 aliphatic rings. The zero-order valence-electron chi connectivity index (χ0n) is 10.9. The largest absolute Gasteiger partial charge is 0.319 e. The minimum absolute atomic E-state index is 0.164. The van der Waals surface area contributed by atoms with Crippen LogP contribution in [0.1, 0.15) is 44.1 Å². The van der Waals surface area contributed by atoms with Crippen molar-refractivity contribution in [2.75, 3.05) is 13.6 Å². The molecule has 0 heterocycles. The first-order valence-corrected chi connectivity index (χ1v) is 6.78. The second-order valence-corrected chi connectivity index (χ2v) is 5.35. The van der Waals surface area contributed by atoms with Crippen LogP contribution in [0.4, 0.5) is 8.78 Å². The second kappa shape index (κ2) is 5.79. The number of likely N-dealkylation sites (N-methyl/N-ethyl adjacent to an activating group) is 1. The first-order valence-electron chi connectivity index (χ1n) is 6.78. The van der Waals surface area contributed by atoms with Crippen LogP contribution < -0.4 is 5.32 Å². The molecular formula is C15H21F2N. The van der Waals surface area contributed by atoms with Gasteiger partial charge in [-0.2, -0.15) is 0 Å². The van der Waals surface area contributed by atoms with E-state index in [9.17, 15) is 8.78 Å². The van der Waals surface area contributed by atoms with E-state index in [2.05, 4.69) is 5.32 Å². The van der Waals surface area contributed by atoms with Crippen LogP contribution in [-0.4, -0.2) is 13.6 Å². The zero-order valence-corrected chi connectivity index (χ0v) is 10.9. The van der Waals surface area contributed by atoms with Gasteiger partial charge in [-0.05, 0) is 31.5 Å². The van der Waals surface area contributed by atoms with E-state index in [1.54, 1.807) is 6.07 Å². The lowest BCUT2D eigenvalue weighted by atomic mass is 9.74. The summed E-state index contributed by atoms with van der Waals surface area (Å²) < 4.78 is 27.1. The normalized spacial score (nSPS) is 19.5. The zero-order chi connectivity index (χ0) is 13.0. The molecule has 0 aromatic heterocycles. The fraction of sp³-hybridized carbons (Fsp3) is 0.600. The fourth-order valence-corrected chi connectivity index (χ4v) is 3.20. The van der Waals surface area contributed by atoms with Gasteiger partial charge in [0.15, 0.2) is 0 Å². The molecule has 1 nitrogen and oxygen atoms in total. The standard InChI is InChI=1S/C15H21F2N/c1-18-11-15(8-4-2-3-5-9-15)13-7-6-12(16)10-14(13)17/h6-7,10,18H,2-5,8-9,11H2,1H3. The number of rotatable bonds is 3. The third-order valence-electron chi connectivity index (χ3n) is 4.08. The van der Waals surface area contributed by atoms with Crippen LogP contribution in [0.5, 0.6) is 0 Å². The van der Waals surface area contributed by atoms with Gasteiger partial charge in [0.25, 0.3) is 0 Å². The van der Waals surface area contributed by atoms with Crippen molar-refractivity contribution in [2.24, 2.45) is 0 Å². The summed E-state index contributed by atoms with van der Waals surface area (Å²) in [4.78, 5) is 0. The van der Waals surface area contributed by atoms with Crippen LogP contribution in [0.3, 0.4) is 0 Å². The van der Waals surface area contributed by atoms with Crippen molar-refractivity contribution in [3.8, 4) is 0 Å². The summed E-state index contributed by atoms with van der Waals surface area (Å²) in [5.41, 5.74) is 0.517. The van der Waals surface area contributed by atoms with Crippen LogP contribution >= 0.6 is 0 Å². The van der Waals surface area contributed by atoms with Gasteiger partial charge in [-0.1, -0.05) is 31.7 Å². The lowest BCUT2D eigenvalue weighted by molar-refractivity contribution is 0.343. The number of nitrogens with one attached hydrogen (secondary N) is 1. The molecule has 1 fully saturated rings. The van der Waals surface area contributed by atoms with Crippen molar-refractivity contribution in [3.05, 3.63) is 35.4 Å². The van der Waals surface area contributed by atoms with Crippen molar-refractivity contribution >= 4 is 0 Å². The molecule has 0 bridgehead atoms. The van der Waals surface area contributed by atoms with Gasteiger partial charge < -0.3 is 5.32 Å². The van der Waals surface area contributed by atoms with Crippen molar-refractivity contribution in [1.29, 1.82) is 0 Å². The van der Waals surface area contributed by atoms with Crippen molar-refractivity contribution < 1.29 is 8.78 Å². The monoisotopic (exact) mass is 253 g/mol. The minimum atomic E-state index is -0.496. The van der Waals surface area contributed by atoms with E-state index in [1.165, 1.54) is 18.9 Å². The SMILES string of the molecule is CNCC1(c2ccc(F)cc2F)CCCCCC1. The van der Waals surface area contributed by atoms with Crippen molar-refractivity contribution in [1.82, 2.24) is 5.32 Å². The van der Waals surface area contributed by atoms with E-state index in [4.69, 9.17) is 0 Å². The van der Waals surface area contributed by atoms with Crippen LogP contribution in [0.2, 0.25) is 0 Å². The van der Waals surface area contributed by atoms with Gasteiger partial charge in [-0.3, -0.25) is 0 Å². The molecule has 0 radical (unpaired) electrons. The smallest absolute Gasteiger partial charge is 0.129 e. The van der Waals surface area contributed by atoms with E-state index in [-0.39, 0.29) is 5.41 Å². The topological polar surface area (TPSA) is 12.0 Å². The fourth-order valence-electron chi connectivity index (χ4n) is 3.20. The molecule has 1 aliphatic carbocycles. The minimum Gasteiger partial charge on any atom is -0.319 e. The Balaban J connectivity index is 2.38. The Bertz CT molecular complexity index is 395. The Morgan fingerprint density at radius 3 is 2.33 bits per heavy atom. The Morgan fingerprint density at radius 1 is 1.11 bits per heavy atom. The third-order valence-corrected chi connectivity index (χ3v) is 4.08. The first-order chi connectivity index (χ1) is 8.68. The molecule has 1 aromatic carbocycles. The number of hydrogen-bond acceptors (Lipinski definition) is 1. The molecule has 0 saturated heterocycles. The highest BCUT2D eigenvalue weighted by Crippen LogP contribution is 2.39. The molecule has 18 heavy (non-hydrogen) atoms. The quantitative estimate of drug-likeness (QED) is 0.808. The highest BCUT2D eigenvalue weighted by Gasteiger charge is 2.34. The molecule has 2 rings (SSSR count). The Labute approximate surface area is 108 Å². The lowest BCUT2D eigenvalue weighted by Gasteiger charge is -2.33. The number of halogens is 2. The molecule has 3 heteroatoms. The number of hydrogen-bond donors (Lipinski definition) is 1. The molecule has 1 aromatic rings. The molecule has 0 aliphatic heterocycles. The Hall–Kier alpha value is -0.960. The van der Waals surface area contributed by atoms with E-state index in [0.29, 0.717) is 5.56 Å².